The van der Waals surface area contributed by atoms with Crippen molar-refractivity contribution in [3.05, 3.63) is 0 Å². The summed E-state index contributed by atoms with van der Waals surface area (Å²) in [5.74, 6) is 0.771. The molecule has 0 amide bonds. The third kappa shape index (κ3) is 5.37. The fourth-order valence-electron chi connectivity index (χ4n) is 3.08. The van der Waals surface area contributed by atoms with Crippen LogP contribution in [0.3, 0.4) is 0 Å². The lowest BCUT2D eigenvalue weighted by Crippen LogP contribution is -2.62. The average Bonchev–Trinajstić information content (AvgIpc) is 2.33. The van der Waals surface area contributed by atoms with Crippen LogP contribution in [0.2, 0.25) is 0 Å². The predicted octanol–water partition coefficient (Wildman–Crippen LogP) is 4.16. The normalized spacial score (nSPS) is 27.6. The second-order valence-electron chi connectivity index (χ2n) is 9.09. The van der Waals surface area contributed by atoms with Gasteiger partial charge >= 0.3 is 0 Å². The number of piperazine rings is 1. The molecule has 120 valence electrons. The Morgan fingerprint density at radius 1 is 1.15 bits per heavy atom. The Balaban J connectivity index is 2.73. The fourth-order valence-corrected chi connectivity index (χ4v) is 3.08. The number of nitrogens with zero attached hydrogens (tertiary/aromatic N) is 1. The molecule has 2 heteroatoms. The van der Waals surface area contributed by atoms with Crippen LogP contribution in [0, 0.1) is 16.7 Å². The Morgan fingerprint density at radius 3 is 2.20 bits per heavy atom. The maximum Gasteiger partial charge on any atom is 0.0269 e. The summed E-state index contributed by atoms with van der Waals surface area (Å²) in [6.07, 6.45) is 2.55. The molecule has 0 aromatic carbocycles. The highest BCUT2D eigenvalue weighted by molar-refractivity contribution is 4.94. The third-order valence-corrected chi connectivity index (χ3v) is 4.92. The Morgan fingerprint density at radius 2 is 1.75 bits per heavy atom. The van der Waals surface area contributed by atoms with Gasteiger partial charge in [0, 0.05) is 25.2 Å². The van der Waals surface area contributed by atoms with E-state index < -0.39 is 0 Å². The molecular formula is C18H38N2. The van der Waals surface area contributed by atoms with Gasteiger partial charge in [-0.3, -0.25) is 4.90 Å². The van der Waals surface area contributed by atoms with Crippen LogP contribution in [0.4, 0.5) is 0 Å². The summed E-state index contributed by atoms with van der Waals surface area (Å²) in [5.41, 5.74) is 0.782. The lowest BCUT2D eigenvalue weighted by atomic mass is 9.81. The minimum atomic E-state index is 0.352. The maximum absolute atomic E-state index is 3.81. The van der Waals surface area contributed by atoms with Crippen molar-refractivity contribution in [1.82, 2.24) is 10.2 Å². The Bertz CT molecular complexity index is 285. The van der Waals surface area contributed by atoms with Crippen LogP contribution < -0.4 is 5.32 Å². The quantitative estimate of drug-likeness (QED) is 0.833. The van der Waals surface area contributed by atoms with Gasteiger partial charge in [-0.25, -0.2) is 0 Å². The van der Waals surface area contributed by atoms with Crippen LogP contribution in [0.15, 0.2) is 0 Å². The lowest BCUT2D eigenvalue weighted by Gasteiger charge is -2.48. The van der Waals surface area contributed by atoms with Gasteiger partial charge in [-0.15, -0.1) is 0 Å². The van der Waals surface area contributed by atoms with Gasteiger partial charge in [-0.05, 0) is 29.7 Å². The van der Waals surface area contributed by atoms with Crippen molar-refractivity contribution >= 4 is 0 Å². The average molecular weight is 283 g/mol. The van der Waals surface area contributed by atoms with Gasteiger partial charge in [0.15, 0.2) is 0 Å². The van der Waals surface area contributed by atoms with Crippen LogP contribution in [0.1, 0.15) is 68.2 Å². The van der Waals surface area contributed by atoms with E-state index in [1.807, 2.05) is 0 Å². The van der Waals surface area contributed by atoms with E-state index >= 15 is 0 Å². The summed E-state index contributed by atoms with van der Waals surface area (Å²) in [6, 6.07) is 1.32. The van der Waals surface area contributed by atoms with Gasteiger partial charge < -0.3 is 5.32 Å². The van der Waals surface area contributed by atoms with Gasteiger partial charge in [0.1, 0.15) is 0 Å². The van der Waals surface area contributed by atoms with Crippen LogP contribution in [0.25, 0.3) is 0 Å². The third-order valence-electron chi connectivity index (χ3n) is 4.92. The molecule has 20 heavy (non-hydrogen) atoms. The van der Waals surface area contributed by atoms with E-state index in [1.165, 1.54) is 25.9 Å². The summed E-state index contributed by atoms with van der Waals surface area (Å²) < 4.78 is 0. The number of rotatable bonds is 4. The maximum atomic E-state index is 3.81. The van der Waals surface area contributed by atoms with Crippen molar-refractivity contribution < 1.29 is 0 Å². The first-order valence-corrected chi connectivity index (χ1v) is 8.52. The molecule has 0 aliphatic carbocycles. The molecule has 1 aliphatic rings. The van der Waals surface area contributed by atoms with E-state index in [4.69, 9.17) is 0 Å². The number of hydrogen-bond donors (Lipinski definition) is 1. The van der Waals surface area contributed by atoms with Crippen molar-refractivity contribution in [2.24, 2.45) is 16.7 Å². The molecule has 0 bridgehead atoms. The minimum absolute atomic E-state index is 0.352. The molecule has 0 spiro atoms. The van der Waals surface area contributed by atoms with Crippen molar-refractivity contribution in [2.45, 2.75) is 80.3 Å². The molecule has 1 heterocycles. The van der Waals surface area contributed by atoms with Gasteiger partial charge in [0.25, 0.3) is 0 Å². The monoisotopic (exact) mass is 282 g/mol. The second-order valence-corrected chi connectivity index (χ2v) is 9.09. The van der Waals surface area contributed by atoms with Crippen LogP contribution >= 0.6 is 0 Å². The first-order chi connectivity index (χ1) is 9.04. The van der Waals surface area contributed by atoms with Crippen LogP contribution in [-0.4, -0.2) is 36.6 Å². The molecule has 1 rings (SSSR count). The van der Waals surface area contributed by atoms with E-state index in [-0.39, 0.29) is 0 Å². The summed E-state index contributed by atoms with van der Waals surface area (Å²) in [5, 5.41) is 3.81. The Kier molecular flexibility index (Phi) is 6.10. The summed E-state index contributed by atoms with van der Waals surface area (Å²) >= 11 is 0. The van der Waals surface area contributed by atoms with Gasteiger partial charge in [0.05, 0.1) is 0 Å². The first kappa shape index (κ1) is 18.0. The molecule has 3 unspecified atom stereocenters. The van der Waals surface area contributed by atoms with Crippen molar-refractivity contribution in [2.75, 3.05) is 19.6 Å². The second kappa shape index (κ2) is 6.79. The highest BCUT2D eigenvalue weighted by Crippen LogP contribution is 2.29. The molecule has 2 nitrogen and oxygen atoms in total. The van der Waals surface area contributed by atoms with Crippen LogP contribution in [0.5, 0.6) is 0 Å². The summed E-state index contributed by atoms with van der Waals surface area (Å²) in [6.45, 7) is 22.5. The molecule has 1 N–H and O–H groups in total. The predicted molar refractivity (Wildman–Crippen MR) is 90.1 cm³/mol. The molecule has 1 aliphatic heterocycles. The van der Waals surface area contributed by atoms with E-state index in [0.29, 0.717) is 22.9 Å². The van der Waals surface area contributed by atoms with Gasteiger partial charge in [-0.2, -0.15) is 0 Å². The van der Waals surface area contributed by atoms with Gasteiger partial charge in [-0.1, -0.05) is 61.8 Å². The SMILES string of the molecule is CCC(C)C1CN(CCC(C)(C)C)C(C(C)(C)C)CN1. The first-order valence-electron chi connectivity index (χ1n) is 8.52. The topological polar surface area (TPSA) is 15.3 Å². The zero-order valence-corrected chi connectivity index (χ0v) is 15.2. The number of hydrogen-bond acceptors (Lipinski definition) is 2. The van der Waals surface area contributed by atoms with Crippen molar-refractivity contribution in [3.63, 3.8) is 0 Å². The van der Waals surface area contributed by atoms with E-state index in [9.17, 15) is 0 Å². The minimum Gasteiger partial charge on any atom is -0.311 e. The summed E-state index contributed by atoms with van der Waals surface area (Å²) in [4.78, 5) is 2.76. The molecule has 0 aromatic rings. The van der Waals surface area contributed by atoms with Crippen LogP contribution in [-0.2, 0) is 0 Å². The molecular weight excluding hydrogens is 244 g/mol. The number of nitrogens with one attached hydrogen (secondary N) is 1. The Hall–Kier alpha value is -0.0800. The van der Waals surface area contributed by atoms with Crippen molar-refractivity contribution in [1.29, 1.82) is 0 Å². The molecule has 3 atom stereocenters. The molecule has 1 fully saturated rings. The summed E-state index contributed by atoms with van der Waals surface area (Å²) in [7, 11) is 0. The van der Waals surface area contributed by atoms with Gasteiger partial charge in [0.2, 0.25) is 0 Å². The molecule has 1 saturated heterocycles. The largest absolute Gasteiger partial charge is 0.311 e. The molecule has 0 saturated carbocycles. The Labute approximate surface area is 127 Å². The molecule has 0 aromatic heterocycles. The molecule has 0 radical (unpaired) electrons. The van der Waals surface area contributed by atoms with E-state index in [1.54, 1.807) is 0 Å². The lowest BCUT2D eigenvalue weighted by molar-refractivity contribution is 0.0364. The van der Waals surface area contributed by atoms with E-state index in [0.717, 1.165) is 12.5 Å². The standard InChI is InChI=1S/C18H38N2/c1-9-14(2)15-13-20(11-10-17(3,4)5)16(12-19-15)18(6,7)8/h14-16,19H,9-13H2,1-8H3. The fraction of sp³-hybridized carbons (Fsp3) is 1.00. The zero-order valence-electron chi connectivity index (χ0n) is 15.2. The highest BCUT2D eigenvalue weighted by Gasteiger charge is 2.36. The smallest absolute Gasteiger partial charge is 0.0269 e. The highest BCUT2D eigenvalue weighted by atomic mass is 15.2. The zero-order chi connectivity index (χ0) is 15.6. The van der Waals surface area contributed by atoms with Crippen molar-refractivity contribution in [3.8, 4) is 0 Å². The van der Waals surface area contributed by atoms with E-state index in [2.05, 4.69) is 65.6 Å².